The molecule has 0 radical (unpaired) electrons. The molecule has 33 heavy (non-hydrogen) atoms. The van der Waals surface area contributed by atoms with Crippen LogP contribution in [0.1, 0.15) is 42.5 Å². The number of Topliss-reactive ketones (excluding diaryl/α,β-unsaturated/α-hetero) is 1. The van der Waals surface area contributed by atoms with E-state index in [1.165, 1.54) is 31.3 Å². The first-order valence-corrected chi connectivity index (χ1v) is 9.65. The minimum atomic E-state index is -0.669. The quantitative estimate of drug-likeness (QED) is 0.275. The first-order valence-electron chi connectivity index (χ1n) is 9.65. The van der Waals surface area contributed by atoms with E-state index in [1.54, 1.807) is 36.6 Å². The van der Waals surface area contributed by atoms with Gasteiger partial charge in [0.1, 0.15) is 12.9 Å². The molecule has 0 spiro atoms. The molecular formula is C21H21N5O7. The average molecular weight is 455 g/mol. The molecule has 12 nitrogen and oxygen atoms in total. The van der Waals surface area contributed by atoms with Crippen molar-refractivity contribution in [2.24, 2.45) is 0 Å². The highest BCUT2D eigenvalue weighted by Crippen LogP contribution is 2.24. The van der Waals surface area contributed by atoms with Crippen molar-refractivity contribution in [2.45, 2.75) is 20.4 Å². The smallest absolute Gasteiger partial charge is 0.337 e. The van der Waals surface area contributed by atoms with Crippen LogP contribution in [-0.2, 0) is 25.5 Å². The minimum absolute atomic E-state index is 0.146. The van der Waals surface area contributed by atoms with Crippen molar-refractivity contribution in [3.63, 3.8) is 0 Å². The van der Waals surface area contributed by atoms with E-state index in [-0.39, 0.29) is 17.7 Å². The predicted octanol–water partition coefficient (Wildman–Crippen LogP) is 1.08. The second-order valence-corrected chi connectivity index (χ2v) is 6.96. The molecule has 2 aromatic heterocycles. The number of aromatic nitrogens is 5. The lowest BCUT2D eigenvalue weighted by Crippen LogP contribution is -2.19. The second-order valence-electron chi connectivity index (χ2n) is 6.96. The van der Waals surface area contributed by atoms with Gasteiger partial charge < -0.3 is 18.8 Å². The zero-order valence-electron chi connectivity index (χ0n) is 18.4. The van der Waals surface area contributed by atoms with Crippen LogP contribution in [-0.4, -0.2) is 69.3 Å². The molecule has 3 aromatic rings. The van der Waals surface area contributed by atoms with Crippen molar-refractivity contribution >= 4 is 23.7 Å². The van der Waals surface area contributed by atoms with E-state index >= 15 is 0 Å². The van der Waals surface area contributed by atoms with E-state index in [2.05, 4.69) is 15.5 Å². The van der Waals surface area contributed by atoms with Crippen molar-refractivity contribution in [2.75, 3.05) is 20.8 Å². The fourth-order valence-corrected chi connectivity index (χ4v) is 3.31. The monoisotopic (exact) mass is 455 g/mol. The van der Waals surface area contributed by atoms with Crippen LogP contribution in [0, 0.1) is 13.8 Å². The van der Waals surface area contributed by atoms with Crippen molar-refractivity contribution in [1.82, 2.24) is 24.8 Å². The maximum absolute atomic E-state index is 12.7. The summed E-state index contributed by atoms with van der Waals surface area (Å²) in [6, 6.07) is 6.08. The van der Waals surface area contributed by atoms with Crippen LogP contribution < -0.4 is 0 Å². The molecule has 0 amide bonds. The number of rotatable bonds is 8. The number of hydrogen-bond donors (Lipinski definition) is 0. The van der Waals surface area contributed by atoms with Crippen LogP contribution in [0.5, 0.6) is 0 Å². The summed E-state index contributed by atoms with van der Waals surface area (Å²) in [5, 5.41) is 10.4. The SMILES string of the molecule is COC(=O)c1cc(C(=O)OC)cc(-n2c(C)cc(C(=O)COC(=O)Cn3cnnn3)c2C)c1. The number of ether oxygens (including phenoxy) is 3. The third kappa shape index (κ3) is 5.11. The Morgan fingerprint density at radius 1 is 0.939 bits per heavy atom. The molecule has 12 heteroatoms. The zero-order chi connectivity index (χ0) is 24.1. The van der Waals surface area contributed by atoms with Crippen molar-refractivity contribution in [3.8, 4) is 5.69 Å². The number of ketones is 1. The molecular weight excluding hydrogens is 434 g/mol. The van der Waals surface area contributed by atoms with Gasteiger partial charge in [-0.1, -0.05) is 0 Å². The third-order valence-corrected chi connectivity index (χ3v) is 4.80. The van der Waals surface area contributed by atoms with Crippen LogP contribution in [0.15, 0.2) is 30.6 Å². The summed E-state index contributed by atoms with van der Waals surface area (Å²) in [6.07, 6.45) is 1.25. The van der Waals surface area contributed by atoms with E-state index < -0.39 is 30.3 Å². The molecule has 172 valence electrons. The number of tetrazole rings is 1. The number of carbonyl (C=O) groups is 4. The molecule has 0 saturated heterocycles. The number of hydrogen-bond acceptors (Lipinski definition) is 10. The van der Waals surface area contributed by atoms with E-state index in [0.29, 0.717) is 22.6 Å². The van der Waals surface area contributed by atoms with Gasteiger partial charge in [-0.3, -0.25) is 9.59 Å². The molecule has 3 rings (SSSR count). The van der Waals surface area contributed by atoms with Gasteiger partial charge in [-0.25, -0.2) is 14.3 Å². The van der Waals surface area contributed by atoms with Crippen LogP contribution in [0.3, 0.4) is 0 Å². The molecule has 0 bridgehead atoms. The molecule has 1 aromatic carbocycles. The number of carbonyl (C=O) groups excluding carboxylic acids is 4. The number of aryl methyl sites for hydroxylation is 1. The van der Waals surface area contributed by atoms with E-state index in [4.69, 9.17) is 14.2 Å². The Kier molecular flexibility index (Phi) is 6.96. The number of nitrogens with zero attached hydrogens (tertiary/aromatic N) is 5. The summed E-state index contributed by atoms with van der Waals surface area (Å²) in [7, 11) is 2.47. The maximum Gasteiger partial charge on any atom is 0.337 e. The highest BCUT2D eigenvalue weighted by Gasteiger charge is 2.21. The summed E-state index contributed by atoms with van der Waals surface area (Å²) >= 11 is 0. The Hall–Kier alpha value is -4.35. The zero-order valence-corrected chi connectivity index (χ0v) is 18.4. The largest absolute Gasteiger partial charge is 0.465 e. The molecule has 0 unspecified atom stereocenters. The lowest BCUT2D eigenvalue weighted by atomic mass is 10.1. The highest BCUT2D eigenvalue weighted by atomic mass is 16.5. The van der Waals surface area contributed by atoms with Gasteiger partial charge in [0, 0.05) is 22.6 Å². The second kappa shape index (κ2) is 9.85. The molecule has 0 atom stereocenters. The van der Waals surface area contributed by atoms with Crippen LogP contribution >= 0.6 is 0 Å². The van der Waals surface area contributed by atoms with Gasteiger partial charge in [0.15, 0.2) is 6.61 Å². The molecule has 0 aliphatic heterocycles. The van der Waals surface area contributed by atoms with Gasteiger partial charge in [-0.2, -0.15) is 0 Å². The summed E-state index contributed by atoms with van der Waals surface area (Å²) in [6.45, 7) is 2.76. The minimum Gasteiger partial charge on any atom is -0.465 e. The Morgan fingerprint density at radius 2 is 1.58 bits per heavy atom. The molecule has 0 fully saturated rings. The average Bonchev–Trinajstić information content (AvgIpc) is 3.42. The third-order valence-electron chi connectivity index (χ3n) is 4.80. The van der Waals surface area contributed by atoms with Crippen LogP contribution in [0.2, 0.25) is 0 Å². The van der Waals surface area contributed by atoms with Gasteiger partial charge in [0.05, 0.1) is 25.3 Å². The number of benzene rings is 1. The molecule has 0 saturated carbocycles. The lowest BCUT2D eigenvalue weighted by molar-refractivity contribution is -0.143. The maximum atomic E-state index is 12.7. The predicted molar refractivity (Wildman–Crippen MR) is 111 cm³/mol. The standard InChI is InChI=1S/C21H21N5O7/c1-12-5-17(18(27)10-33-19(28)9-25-11-22-23-24-25)13(2)26(12)16-7-14(20(29)31-3)6-15(8-16)21(30)32-4/h5-8,11H,9-10H2,1-4H3. The molecule has 2 heterocycles. The molecule has 0 aliphatic rings. The Labute approximate surface area is 188 Å². The fourth-order valence-electron chi connectivity index (χ4n) is 3.31. The van der Waals surface area contributed by atoms with E-state index in [9.17, 15) is 19.2 Å². The summed E-state index contributed by atoms with van der Waals surface area (Å²) < 4.78 is 17.5. The Balaban J connectivity index is 1.88. The van der Waals surface area contributed by atoms with Crippen LogP contribution in [0.25, 0.3) is 5.69 Å². The first-order chi connectivity index (χ1) is 15.7. The van der Waals surface area contributed by atoms with Gasteiger partial charge in [0.25, 0.3) is 0 Å². The Bertz CT molecular complexity index is 1180. The normalized spacial score (nSPS) is 10.5. The topological polar surface area (TPSA) is 144 Å². The summed E-state index contributed by atoms with van der Waals surface area (Å²) in [5.41, 5.74) is 2.27. The summed E-state index contributed by atoms with van der Waals surface area (Å²) in [4.78, 5) is 48.8. The van der Waals surface area contributed by atoms with E-state index in [1.807, 2.05) is 0 Å². The highest BCUT2D eigenvalue weighted by molar-refractivity contribution is 6.00. The van der Waals surface area contributed by atoms with Crippen molar-refractivity contribution < 1.29 is 33.4 Å². The first kappa shape index (κ1) is 23.3. The van der Waals surface area contributed by atoms with Crippen molar-refractivity contribution in [3.05, 3.63) is 58.7 Å². The lowest BCUT2D eigenvalue weighted by Gasteiger charge is -2.13. The van der Waals surface area contributed by atoms with Gasteiger partial charge in [0.2, 0.25) is 5.78 Å². The molecule has 0 N–H and O–H groups in total. The number of methoxy groups -OCH3 is 2. The number of esters is 3. The Morgan fingerprint density at radius 3 is 2.12 bits per heavy atom. The fraction of sp³-hybridized carbons (Fsp3) is 0.286. The van der Waals surface area contributed by atoms with Crippen LogP contribution in [0.4, 0.5) is 0 Å². The van der Waals surface area contributed by atoms with E-state index in [0.717, 1.165) is 0 Å². The summed E-state index contributed by atoms with van der Waals surface area (Å²) in [5.74, 6) is -2.35. The van der Waals surface area contributed by atoms with Crippen molar-refractivity contribution in [1.29, 1.82) is 0 Å². The molecule has 0 aliphatic carbocycles. The van der Waals surface area contributed by atoms with Gasteiger partial charge in [-0.15, -0.1) is 5.10 Å². The van der Waals surface area contributed by atoms with Gasteiger partial charge >= 0.3 is 17.9 Å². The van der Waals surface area contributed by atoms with Gasteiger partial charge in [-0.05, 0) is 48.5 Å².